The lowest BCUT2D eigenvalue weighted by Crippen LogP contribution is -2.44. The van der Waals surface area contributed by atoms with Gasteiger partial charge in [-0.15, -0.1) is 11.3 Å². The van der Waals surface area contributed by atoms with Gasteiger partial charge in [0.1, 0.15) is 12.4 Å². The van der Waals surface area contributed by atoms with Crippen LogP contribution in [0.3, 0.4) is 0 Å². The Bertz CT molecular complexity index is 1450. The van der Waals surface area contributed by atoms with Crippen LogP contribution in [0.2, 0.25) is 0 Å². The first-order valence-corrected chi connectivity index (χ1v) is 15.3. The molecule has 0 amide bonds. The van der Waals surface area contributed by atoms with Crippen LogP contribution in [0.1, 0.15) is 42.0 Å². The first kappa shape index (κ1) is 27.7. The fourth-order valence-electron chi connectivity index (χ4n) is 6.68. The van der Waals surface area contributed by atoms with Crippen LogP contribution in [0.15, 0.2) is 41.8 Å². The number of hydrogen-bond acceptors (Lipinski definition) is 8. The molecule has 8 nitrogen and oxygen atoms in total. The number of thiazole rings is 1. The van der Waals surface area contributed by atoms with Gasteiger partial charge in [0, 0.05) is 49.2 Å². The minimum Gasteiger partial charge on any atom is -0.488 e. The quantitative estimate of drug-likeness (QED) is 0.386. The minimum atomic E-state index is -0.653. The SMILES string of the molecule is Cc1ccc(OCc2ccc(CN3CCOC(C)C3)cc2C#N)c(-c2csc(N3C[C@H]4CC[C@@H](C3)[C@H]4C(=O)O)n2)c1. The second-order valence-electron chi connectivity index (χ2n) is 11.7. The van der Waals surface area contributed by atoms with Crippen molar-refractivity contribution in [3.63, 3.8) is 0 Å². The van der Waals surface area contributed by atoms with Crippen molar-refractivity contribution in [3.05, 3.63) is 64.0 Å². The maximum atomic E-state index is 11.8. The molecule has 4 atom stereocenters. The molecule has 2 aromatic carbocycles. The summed E-state index contributed by atoms with van der Waals surface area (Å²) in [6, 6.07) is 14.5. The molecular formula is C32H36N4O4S. The third-order valence-corrected chi connectivity index (χ3v) is 9.60. The Morgan fingerprint density at radius 3 is 2.73 bits per heavy atom. The fraction of sp³-hybridized carbons (Fsp3) is 0.469. The molecule has 1 aliphatic carbocycles. The smallest absolute Gasteiger partial charge is 0.307 e. The Kier molecular flexibility index (Phi) is 7.98. The Balaban J connectivity index is 1.16. The van der Waals surface area contributed by atoms with Crippen LogP contribution in [-0.4, -0.2) is 59.8 Å². The van der Waals surface area contributed by atoms with E-state index in [2.05, 4.69) is 47.2 Å². The Labute approximate surface area is 245 Å². The number of anilines is 1. The zero-order valence-corrected chi connectivity index (χ0v) is 24.4. The van der Waals surface area contributed by atoms with E-state index in [1.807, 2.05) is 24.3 Å². The number of rotatable bonds is 8. The van der Waals surface area contributed by atoms with E-state index in [0.717, 1.165) is 91.0 Å². The molecule has 0 radical (unpaired) electrons. The number of nitriles is 1. The predicted molar refractivity (Wildman–Crippen MR) is 158 cm³/mol. The Morgan fingerprint density at radius 1 is 1.20 bits per heavy atom. The number of hydrogen-bond donors (Lipinski definition) is 1. The van der Waals surface area contributed by atoms with Crippen molar-refractivity contribution < 1.29 is 19.4 Å². The summed E-state index contributed by atoms with van der Waals surface area (Å²) < 4.78 is 12.0. The number of nitrogens with zero attached hydrogens (tertiary/aromatic N) is 4. The number of fused-ring (bicyclic) bond motifs is 2. The van der Waals surface area contributed by atoms with Crippen molar-refractivity contribution in [2.45, 2.75) is 45.9 Å². The largest absolute Gasteiger partial charge is 0.488 e. The number of aromatic nitrogens is 1. The number of carbonyl (C=O) groups is 1. The Morgan fingerprint density at radius 2 is 2.00 bits per heavy atom. The molecule has 214 valence electrons. The number of ether oxygens (including phenoxy) is 2. The van der Waals surface area contributed by atoms with Crippen LogP contribution in [0.25, 0.3) is 11.3 Å². The summed E-state index contributed by atoms with van der Waals surface area (Å²) in [5.41, 5.74) is 5.49. The Hall–Kier alpha value is -3.45. The molecule has 1 unspecified atom stereocenters. The molecule has 1 N–H and O–H groups in total. The van der Waals surface area contributed by atoms with Crippen molar-refractivity contribution in [1.82, 2.24) is 9.88 Å². The number of morpholine rings is 1. The van der Waals surface area contributed by atoms with Crippen molar-refractivity contribution in [2.75, 3.05) is 37.7 Å². The van der Waals surface area contributed by atoms with Crippen LogP contribution in [0, 0.1) is 36.0 Å². The van der Waals surface area contributed by atoms with E-state index in [-0.39, 0.29) is 30.5 Å². The number of carboxylic acid groups (broad SMARTS) is 1. The van der Waals surface area contributed by atoms with Gasteiger partial charge in [0.15, 0.2) is 5.13 Å². The minimum absolute atomic E-state index is 0.189. The van der Waals surface area contributed by atoms with Gasteiger partial charge in [0.05, 0.1) is 36.0 Å². The summed E-state index contributed by atoms with van der Waals surface area (Å²) in [6.45, 7) is 9.25. The summed E-state index contributed by atoms with van der Waals surface area (Å²) in [4.78, 5) is 21.4. The van der Waals surface area contributed by atoms with Crippen molar-refractivity contribution in [1.29, 1.82) is 5.26 Å². The molecule has 9 heteroatoms. The highest BCUT2D eigenvalue weighted by atomic mass is 32.1. The van der Waals surface area contributed by atoms with Gasteiger partial charge in [-0.25, -0.2) is 4.98 Å². The first-order valence-electron chi connectivity index (χ1n) is 14.4. The van der Waals surface area contributed by atoms with Crippen LogP contribution in [-0.2, 0) is 22.7 Å². The number of benzene rings is 2. The summed E-state index contributed by atoms with van der Waals surface area (Å²) in [6.07, 6.45) is 2.18. The third kappa shape index (κ3) is 5.96. The highest BCUT2D eigenvalue weighted by Gasteiger charge is 2.46. The number of carboxylic acids is 1. The standard InChI is InChI=1S/C32H36N4O4S/c1-20-3-8-29(40-18-25-5-4-22(12-26(25)13-33)15-35-9-10-39-21(2)14-35)27(11-20)28-19-41-32(34-28)36-16-23-6-7-24(17-36)30(23)31(37)38/h3-5,8,11-12,19,21,23-24,30H,6-7,9-10,14-18H2,1-2H3,(H,37,38)/t21?,23-,24+,30+. The van der Waals surface area contributed by atoms with Gasteiger partial charge in [0.2, 0.25) is 0 Å². The number of aryl methyl sites for hydroxylation is 1. The summed E-state index contributed by atoms with van der Waals surface area (Å²) >= 11 is 1.60. The van der Waals surface area contributed by atoms with Gasteiger partial charge in [-0.05, 0) is 62.3 Å². The van der Waals surface area contributed by atoms with Gasteiger partial charge >= 0.3 is 5.97 Å². The molecule has 3 aromatic rings. The average Bonchev–Trinajstić information content (AvgIpc) is 3.55. The summed E-state index contributed by atoms with van der Waals surface area (Å²) in [7, 11) is 0. The maximum Gasteiger partial charge on any atom is 0.307 e. The van der Waals surface area contributed by atoms with Gasteiger partial charge in [-0.3, -0.25) is 9.69 Å². The van der Waals surface area contributed by atoms with E-state index in [0.29, 0.717) is 5.56 Å². The van der Waals surface area contributed by atoms with Crippen molar-refractivity contribution in [3.8, 4) is 23.1 Å². The van der Waals surface area contributed by atoms with Gasteiger partial charge in [-0.1, -0.05) is 23.8 Å². The topological polar surface area (TPSA) is 98.9 Å². The molecule has 41 heavy (non-hydrogen) atoms. The second-order valence-corrected chi connectivity index (χ2v) is 12.5. The molecular weight excluding hydrogens is 536 g/mol. The van der Waals surface area contributed by atoms with Crippen molar-refractivity contribution >= 4 is 22.4 Å². The second kappa shape index (κ2) is 11.8. The normalized spacial score (nSPS) is 24.3. The molecule has 1 saturated carbocycles. The molecule has 1 aromatic heterocycles. The lowest BCUT2D eigenvalue weighted by molar-refractivity contribution is -0.144. The summed E-state index contributed by atoms with van der Waals surface area (Å²) in [5.74, 6) is 0.231. The van der Waals surface area contributed by atoms with Crippen LogP contribution >= 0.6 is 11.3 Å². The van der Waals surface area contributed by atoms with Crippen molar-refractivity contribution in [2.24, 2.45) is 17.8 Å². The van der Waals surface area contributed by atoms with E-state index in [1.54, 1.807) is 11.3 Å². The number of aliphatic carboxylic acids is 1. The highest BCUT2D eigenvalue weighted by Crippen LogP contribution is 2.44. The van der Waals surface area contributed by atoms with E-state index < -0.39 is 5.97 Å². The molecule has 2 saturated heterocycles. The van der Waals surface area contributed by atoms with Crippen LogP contribution < -0.4 is 9.64 Å². The van der Waals surface area contributed by atoms with Gasteiger partial charge < -0.3 is 19.5 Å². The lowest BCUT2D eigenvalue weighted by atomic mass is 9.85. The average molecular weight is 573 g/mol. The fourth-order valence-corrected chi connectivity index (χ4v) is 7.53. The first-order chi connectivity index (χ1) is 19.9. The molecule has 0 spiro atoms. The van der Waals surface area contributed by atoms with Gasteiger partial charge in [-0.2, -0.15) is 5.26 Å². The van der Waals surface area contributed by atoms with E-state index in [4.69, 9.17) is 14.5 Å². The molecule has 2 aliphatic heterocycles. The van der Waals surface area contributed by atoms with E-state index in [1.165, 1.54) is 0 Å². The van der Waals surface area contributed by atoms with Crippen LogP contribution in [0.4, 0.5) is 5.13 Å². The maximum absolute atomic E-state index is 11.8. The van der Waals surface area contributed by atoms with Gasteiger partial charge in [0.25, 0.3) is 0 Å². The van der Waals surface area contributed by atoms with E-state index >= 15 is 0 Å². The van der Waals surface area contributed by atoms with Crippen LogP contribution in [0.5, 0.6) is 5.75 Å². The molecule has 3 heterocycles. The third-order valence-electron chi connectivity index (χ3n) is 8.70. The molecule has 2 bridgehead atoms. The van der Waals surface area contributed by atoms with E-state index in [9.17, 15) is 15.2 Å². The molecule has 6 rings (SSSR count). The number of piperidine rings is 1. The molecule has 3 aliphatic rings. The summed E-state index contributed by atoms with van der Waals surface area (Å²) in [5, 5.41) is 22.6. The molecule has 3 fully saturated rings. The monoisotopic (exact) mass is 572 g/mol. The zero-order valence-electron chi connectivity index (χ0n) is 23.6. The zero-order chi connectivity index (χ0) is 28.5. The lowest BCUT2D eigenvalue weighted by Gasteiger charge is -2.35. The predicted octanol–water partition coefficient (Wildman–Crippen LogP) is 5.34. The highest BCUT2D eigenvalue weighted by molar-refractivity contribution is 7.14.